The monoisotopic (exact) mass is 385 g/mol. The van der Waals surface area contributed by atoms with Gasteiger partial charge in [0.15, 0.2) is 6.04 Å². The maximum absolute atomic E-state index is 12.7. The van der Waals surface area contributed by atoms with Gasteiger partial charge in [-0.2, -0.15) is 0 Å². The summed E-state index contributed by atoms with van der Waals surface area (Å²) < 4.78 is 5.03. The molecular weight excluding hydrogens is 360 g/mol. The Kier molecular flexibility index (Phi) is 6.10. The van der Waals surface area contributed by atoms with Crippen LogP contribution in [0.4, 0.5) is 17.1 Å². The zero-order valence-electron chi connectivity index (χ0n) is 16.1. The molecule has 1 aliphatic rings. The molecule has 0 spiro atoms. The van der Waals surface area contributed by atoms with Crippen molar-refractivity contribution in [2.24, 2.45) is 0 Å². The zero-order chi connectivity index (χ0) is 20.1. The van der Waals surface area contributed by atoms with Crippen LogP contribution in [0.3, 0.4) is 0 Å². The van der Waals surface area contributed by atoms with Gasteiger partial charge < -0.3 is 19.9 Å². The summed E-state index contributed by atoms with van der Waals surface area (Å²) in [6, 6.07) is 14.3. The number of amides is 1. The molecule has 2 aromatic rings. The quantitative estimate of drug-likeness (QED) is 0.579. The number of methoxy groups -OCH3 is 1. The largest absolute Gasteiger partial charge is 0.496 e. The van der Waals surface area contributed by atoms with E-state index in [4.69, 9.17) is 4.74 Å². The molecule has 1 fully saturated rings. The summed E-state index contributed by atoms with van der Waals surface area (Å²) in [5, 5.41) is 14.0. The lowest BCUT2D eigenvalue weighted by atomic mass is 10.2. The first kappa shape index (κ1) is 19.6. The van der Waals surface area contributed by atoms with Crippen LogP contribution in [0.15, 0.2) is 48.5 Å². The Morgan fingerprint density at radius 1 is 1.21 bits per heavy atom. The predicted octanol–water partition coefficient (Wildman–Crippen LogP) is 1.34. The molecule has 8 nitrogen and oxygen atoms in total. The Hall–Kier alpha value is -3.13. The van der Waals surface area contributed by atoms with Crippen molar-refractivity contribution in [2.75, 3.05) is 43.5 Å². The SMILES string of the molecule is COc1ccc(NC(=O)[C@H](C)[NH+]2CCN(c3ccccc3)CC2)c([N+](=O)[O-])c1. The first-order valence-electron chi connectivity index (χ1n) is 9.27. The molecule has 0 aliphatic carbocycles. The lowest BCUT2D eigenvalue weighted by Gasteiger charge is -2.36. The molecule has 8 heteroatoms. The third-order valence-corrected chi connectivity index (χ3v) is 5.19. The van der Waals surface area contributed by atoms with Crippen molar-refractivity contribution >= 4 is 23.0 Å². The summed E-state index contributed by atoms with van der Waals surface area (Å²) in [5.74, 6) is 0.150. The van der Waals surface area contributed by atoms with E-state index in [1.165, 1.54) is 29.8 Å². The average Bonchev–Trinajstić information content (AvgIpc) is 2.74. The molecule has 2 N–H and O–H groups in total. The molecule has 148 valence electrons. The Balaban J connectivity index is 1.62. The van der Waals surface area contributed by atoms with Gasteiger partial charge >= 0.3 is 0 Å². The van der Waals surface area contributed by atoms with Gasteiger partial charge in [-0.3, -0.25) is 14.9 Å². The fourth-order valence-corrected chi connectivity index (χ4v) is 3.45. The van der Waals surface area contributed by atoms with Gasteiger partial charge in [0.25, 0.3) is 11.6 Å². The van der Waals surface area contributed by atoms with Gasteiger partial charge in [0.1, 0.15) is 11.4 Å². The van der Waals surface area contributed by atoms with Crippen LogP contribution < -0.4 is 19.9 Å². The van der Waals surface area contributed by atoms with Gasteiger partial charge in [0.2, 0.25) is 0 Å². The third kappa shape index (κ3) is 4.40. The number of nitro groups is 1. The number of rotatable bonds is 6. The molecule has 0 aromatic heterocycles. The maximum atomic E-state index is 12.7. The molecule has 1 amide bonds. The number of ether oxygens (including phenoxy) is 1. The van der Waals surface area contributed by atoms with Crippen molar-refractivity contribution in [3.8, 4) is 5.75 Å². The van der Waals surface area contributed by atoms with Crippen molar-refractivity contribution in [3.63, 3.8) is 0 Å². The molecular formula is C20H25N4O4+. The van der Waals surface area contributed by atoms with Crippen molar-refractivity contribution < 1.29 is 19.4 Å². The highest BCUT2D eigenvalue weighted by molar-refractivity contribution is 5.95. The molecule has 0 bridgehead atoms. The number of hydrogen-bond acceptors (Lipinski definition) is 5. The highest BCUT2D eigenvalue weighted by Gasteiger charge is 2.30. The van der Waals surface area contributed by atoms with Crippen LogP contribution in [0, 0.1) is 10.1 Å². The summed E-state index contributed by atoms with van der Waals surface area (Å²) in [7, 11) is 1.44. The Labute approximate surface area is 163 Å². The van der Waals surface area contributed by atoms with Crippen molar-refractivity contribution in [1.29, 1.82) is 0 Å². The molecule has 0 radical (unpaired) electrons. The minimum Gasteiger partial charge on any atom is -0.496 e. The lowest BCUT2D eigenvalue weighted by molar-refractivity contribution is -0.914. The van der Waals surface area contributed by atoms with Crippen LogP contribution >= 0.6 is 0 Å². The van der Waals surface area contributed by atoms with Crippen molar-refractivity contribution in [3.05, 3.63) is 58.6 Å². The number of piperazine rings is 1. The van der Waals surface area contributed by atoms with Crippen LogP contribution in [0.2, 0.25) is 0 Å². The molecule has 2 aromatic carbocycles. The van der Waals surface area contributed by atoms with Gasteiger partial charge in [0.05, 0.1) is 44.3 Å². The number of nitrogens with one attached hydrogen (secondary N) is 2. The van der Waals surface area contributed by atoms with E-state index in [-0.39, 0.29) is 23.3 Å². The average molecular weight is 385 g/mol. The Bertz CT molecular complexity index is 835. The molecule has 1 aliphatic heterocycles. The van der Waals surface area contributed by atoms with E-state index in [2.05, 4.69) is 22.3 Å². The Morgan fingerprint density at radius 2 is 1.89 bits per heavy atom. The number of carbonyl (C=O) groups excluding carboxylic acids is 1. The second kappa shape index (κ2) is 8.71. The summed E-state index contributed by atoms with van der Waals surface area (Å²) in [6.07, 6.45) is 0. The normalized spacial score (nSPS) is 15.7. The minimum atomic E-state index is -0.520. The highest BCUT2D eigenvalue weighted by Crippen LogP contribution is 2.28. The van der Waals surface area contributed by atoms with Crippen LogP contribution in [-0.2, 0) is 4.79 Å². The predicted molar refractivity (Wildman–Crippen MR) is 107 cm³/mol. The molecule has 0 saturated carbocycles. The summed E-state index contributed by atoms with van der Waals surface area (Å²) in [5.41, 5.74) is 1.20. The third-order valence-electron chi connectivity index (χ3n) is 5.19. The Morgan fingerprint density at radius 3 is 2.50 bits per heavy atom. The summed E-state index contributed by atoms with van der Waals surface area (Å²) in [6.45, 7) is 5.24. The second-order valence-corrected chi connectivity index (χ2v) is 6.83. The van der Waals surface area contributed by atoms with Gasteiger partial charge in [-0.25, -0.2) is 0 Å². The number of anilines is 2. The fourth-order valence-electron chi connectivity index (χ4n) is 3.45. The van der Waals surface area contributed by atoms with Crippen molar-refractivity contribution in [2.45, 2.75) is 13.0 Å². The second-order valence-electron chi connectivity index (χ2n) is 6.83. The van der Waals surface area contributed by atoms with E-state index in [1.54, 1.807) is 6.07 Å². The van der Waals surface area contributed by atoms with Crippen LogP contribution in [0.25, 0.3) is 0 Å². The maximum Gasteiger partial charge on any atom is 0.296 e. The molecule has 0 unspecified atom stereocenters. The van der Waals surface area contributed by atoms with Crippen LogP contribution in [-0.4, -0.2) is 50.2 Å². The molecule has 1 heterocycles. The number of para-hydroxylation sites is 1. The van der Waals surface area contributed by atoms with E-state index in [1.807, 2.05) is 25.1 Å². The summed E-state index contributed by atoms with van der Waals surface area (Å²) >= 11 is 0. The first-order chi connectivity index (χ1) is 13.5. The van der Waals surface area contributed by atoms with Gasteiger partial charge in [0, 0.05) is 5.69 Å². The number of carbonyl (C=O) groups is 1. The molecule has 28 heavy (non-hydrogen) atoms. The van der Waals surface area contributed by atoms with Gasteiger partial charge in [-0.05, 0) is 31.2 Å². The van der Waals surface area contributed by atoms with E-state index < -0.39 is 4.92 Å². The van der Waals surface area contributed by atoms with E-state index >= 15 is 0 Å². The van der Waals surface area contributed by atoms with E-state index in [0.29, 0.717) is 5.75 Å². The van der Waals surface area contributed by atoms with Crippen molar-refractivity contribution in [1.82, 2.24) is 0 Å². The lowest BCUT2D eigenvalue weighted by Crippen LogP contribution is -3.19. The number of hydrogen-bond donors (Lipinski definition) is 2. The molecule has 3 rings (SSSR count). The molecule has 1 atom stereocenters. The smallest absolute Gasteiger partial charge is 0.296 e. The van der Waals surface area contributed by atoms with Crippen LogP contribution in [0.5, 0.6) is 5.75 Å². The number of nitro benzene ring substituents is 1. The van der Waals surface area contributed by atoms with Gasteiger partial charge in [-0.15, -0.1) is 0 Å². The van der Waals surface area contributed by atoms with Gasteiger partial charge in [-0.1, -0.05) is 18.2 Å². The first-order valence-corrected chi connectivity index (χ1v) is 9.27. The zero-order valence-corrected chi connectivity index (χ0v) is 16.1. The van der Waals surface area contributed by atoms with E-state index in [9.17, 15) is 14.9 Å². The number of benzene rings is 2. The topological polar surface area (TPSA) is 89.2 Å². The summed E-state index contributed by atoms with van der Waals surface area (Å²) in [4.78, 5) is 27.0. The molecule has 1 saturated heterocycles. The highest BCUT2D eigenvalue weighted by atomic mass is 16.6. The number of nitrogens with zero attached hydrogens (tertiary/aromatic N) is 2. The number of quaternary nitrogens is 1. The standard InChI is InChI=1S/C20H24N4O4/c1-15(22-10-12-23(13-11-22)16-6-4-3-5-7-16)20(25)21-18-9-8-17(28-2)14-19(18)24(26)27/h3-9,14-15H,10-13H2,1-2H3,(H,21,25)/p+1/t15-/m0/s1. The van der Waals surface area contributed by atoms with E-state index in [0.717, 1.165) is 26.2 Å². The fraction of sp³-hybridized carbons (Fsp3) is 0.350. The minimum absolute atomic E-state index is 0.177. The van der Waals surface area contributed by atoms with Crippen LogP contribution in [0.1, 0.15) is 6.92 Å².